The maximum Gasteiger partial charge on any atom is 0.253 e. The number of carbonyl (C=O) groups is 1. The molecule has 0 bridgehead atoms. The molecule has 2 fully saturated rings. The van der Waals surface area contributed by atoms with E-state index in [1.54, 1.807) is 13.4 Å². The van der Waals surface area contributed by atoms with Gasteiger partial charge in [0.15, 0.2) is 0 Å². The number of aromatic nitrogens is 2. The number of imidazole rings is 1. The number of amides is 1. The molecule has 2 aliphatic heterocycles. The third kappa shape index (κ3) is 2.59. The van der Waals surface area contributed by atoms with Crippen molar-refractivity contribution in [3.63, 3.8) is 0 Å². The quantitative estimate of drug-likeness (QED) is 0.936. The molecule has 3 heterocycles. The summed E-state index contributed by atoms with van der Waals surface area (Å²) < 4.78 is 11.0. The van der Waals surface area contributed by atoms with Gasteiger partial charge in [0.1, 0.15) is 0 Å². The first kappa shape index (κ1) is 15.6. The first-order valence-electron chi connectivity index (χ1n) is 8.51. The number of nitrogens with zero attached hydrogens (tertiary/aromatic N) is 2. The fourth-order valence-electron chi connectivity index (χ4n) is 4.21. The molecule has 4 rings (SSSR count). The maximum atomic E-state index is 13.0. The number of likely N-dealkylation sites (tertiary alicyclic amines) is 1. The number of nitrogens with one attached hydrogen (secondary N) is 1. The molecule has 24 heavy (non-hydrogen) atoms. The number of methoxy groups -OCH3 is 1. The van der Waals surface area contributed by atoms with Gasteiger partial charge in [0.05, 0.1) is 24.0 Å². The standard InChI is InChI=1S/C18H23N3O3/c1-23-10-14-9-21(11-18(14)4-6-24-7-5-18)17(22)13-2-3-15-16(8-13)20-12-19-15/h2-3,8,12,14H,4-7,9-11H2,1H3,(H,19,20)/t14-/m0/s1. The molecule has 2 aromatic rings. The van der Waals surface area contributed by atoms with Gasteiger partial charge < -0.3 is 19.4 Å². The normalized spacial score (nSPS) is 23.2. The van der Waals surface area contributed by atoms with E-state index in [1.165, 1.54) is 0 Å². The Hall–Kier alpha value is -1.92. The molecule has 0 aliphatic carbocycles. The first-order chi connectivity index (χ1) is 11.7. The molecular weight excluding hydrogens is 306 g/mol. The van der Waals surface area contributed by atoms with Crippen molar-refractivity contribution in [3.8, 4) is 0 Å². The number of benzene rings is 1. The van der Waals surface area contributed by atoms with Crippen molar-refractivity contribution < 1.29 is 14.3 Å². The molecule has 0 radical (unpaired) electrons. The van der Waals surface area contributed by atoms with Gasteiger partial charge in [-0.25, -0.2) is 4.98 Å². The molecule has 1 atom stereocenters. The van der Waals surface area contributed by atoms with Gasteiger partial charge >= 0.3 is 0 Å². The second-order valence-corrected chi connectivity index (χ2v) is 6.95. The zero-order valence-corrected chi connectivity index (χ0v) is 14.0. The average molecular weight is 329 g/mol. The summed E-state index contributed by atoms with van der Waals surface area (Å²) in [5, 5.41) is 0. The van der Waals surface area contributed by atoms with Crippen LogP contribution < -0.4 is 0 Å². The summed E-state index contributed by atoms with van der Waals surface area (Å²) in [6, 6.07) is 5.66. The number of hydrogen-bond acceptors (Lipinski definition) is 4. The second-order valence-electron chi connectivity index (χ2n) is 6.95. The zero-order valence-electron chi connectivity index (χ0n) is 14.0. The molecule has 1 spiro atoms. The SMILES string of the molecule is COC[C@@H]1CN(C(=O)c2ccc3nc[nH]c3c2)CC12CCOCC2. The number of hydrogen-bond donors (Lipinski definition) is 1. The molecule has 6 nitrogen and oxygen atoms in total. The Morgan fingerprint density at radius 2 is 2.29 bits per heavy atom. The molecule has 2 aliphatic rings. The van der Waals surface area contributed by atoms with Crippen molar-refractivity contribution in [2.75, 3.05) is 40.0 Å². The lowest BCUT2D eigenvalue weighted by Crippen LogP contribution is -2.39. The highest BCUT2D eigenvalue weighted by atomic mass is 16.5. The number of carbonyl (C=O) groups excluding carboxylic acids is 1. The lowest BCUT2D eigenvalue weighted by molar-refractivity contribution is -0.0169. The van der Waals surface area contributed by atoms with Crippen molar-refractivity contribution in [1.29, 1.82) is 0 Å². The molecule has 128 valence electrons. The van der Waals surface area contributed by atoms with Crippen LogP contribution in [-0.4, -0.2) is 60.8 Å². The largest absolute Gasteiger partial charge is 0.384 e. The van der Waals surface area contributed by atoms with Crippen LogP contribution >= 0.6 is 0 Å². The van der Waals surface area contributed by atoms with Gasteiger partial charge in [0.25, 0.3) is 5.91 Å². The van der Waals surface area contributed by atoms with E-state index >= 15 is 0 Å². The number of aromatic amines is 1. The van der Waals surface area contributed by atoms with Crippen LogP contribution in [0.3, 0.4) is 0 Å². The van der Waals surface area contributed by atoms with Crippen LogP contribution in [0.15, 0.2) is 24.5 Å². The smallest absolute Gasteiger partial charge is 0.253 e. The highest BCUT2D eigenvalue weighted by Crippen LogP contribution is 2.44. The molecule has 1 aromatic heterocycles. The van der Waals surface area contributed by atoms with E-state index in [2.05, 4.69) is 9.97 Å². The van der Waals surface area contributed by atoms with Crippen molar-refractivity contribution in [3.05, 3.63) is 30.1 Å². The van der Waals surface area contributed by atoms with Crippen LogP contribution in [0.1, 0.15) is 23.2 Å². The predicted octanol–water partition coefficient (Wildman–Crippen LogP) is 2.08. The van der Waals surface area contributed by atoms with Crippen molar-refractivity contribution in [1.82, 2.24) is 14.9 Å². The van der Waals surface area contributed by atoms with Crippen molar-refractivity contribution >= 4 is 16.9 Å². The van der Waals surface area contributed by atoms with E-state index in [1.807, 2.05) is 23.1 Å². The minimum atomic E-state index is 0.0935. The van der Waals surface area contributed by atoms with Gasteiger partial charge in [-0.15, -0.1) is 0 Å². The zero-order chi connectivity index (χ0) is 16.6. The van der Waals surface area contributed by atoms with Crippen LogP contribution in [0.5, 0.6) is 0 Å². The Morgan fingerprint density at radius 3 is 3.08 bits per heavy atom. The molecule has 1 amide bonds. The Balaban J connectivity index is 1.58. The first-order valence-corrected chi connectivity index (χ1v) is 8.51. The Labute approximate surface area is 141 Å². The third-order valence-electron chi connectivity index (χ3n) is 5.62. The summed E-state index contributed by atoms with van der Waals surface area (Å²) in [6.45, 7) is 3.81. The summed E-state index contributed by atoms with van der Waals surface area (Å²) in [4.78, 5) is 22.3. The van der Waals surface area contributed by atoms with E-state index in [-0.39, 0.29) is 11.3 Å². The van der Waals surface area contributed by atoms with Gasteiger partial charge in [-0.2, -0.15) is 0 Å². The fraction of sp³-hybridized carbons (Fsp3) is 0.556. The van der Waals surface area contributed by atoms with Crippen LogP contribution in [0, 0.1) is 11.3 Å². The fourth-order valence-corrected chi connectivity index (χ4v) is 4.21. The summed E-state index contributed by atoms with van der Waals surface area (Å²) in [6.07, 6.45) is 3.66. The highest BCUT2D eigenvalue weighted by molar-refractivity contribution is 5.97. The highest BCUT2D eigenvalue weighted by Gasteiger charge is 2.48. The van der Waals surface area contributed by atoms with E-state index in [4.69, 9.17) is 9.47 Å². The molecule has 0 unspecified atom stereocenters. The molecule has 1 aromatic carbocycles. The lowest BCUT2D eigenvalue weighted by Gasteiger charge is -2.37. The van der Waals surface area contributed by atoms with Crippen LogP contribution in [-0.2, 0) is 9.47 Å². The number of H-pyrrole nitrogens is 1. The molecule has 0 saturated carbocycles. The van der Waals surface area contributed by atoms with Crippen LogP contribution in [0.2, 0.25) is 0 Å². The second kappa shape index (κ2) is 6.18. The third-order valence-corrected chi connectivity index (χ3v) is 5.62. The number of fused-ring (bicyclic) bond motifs is 1. The van der Waals surface area contributed by atoms with Gasteiger partial charge in [-0.05, 0) is 36.5 Å². The minimum Gasteiger partial charge on any atom is -0.384 e. The predicted molar refractivity (Wildman–Crippen MR) is 89.8 cm³/mol. The summed E-state index contributed by atoms with van der Waals surface area (Å²) in [7, 11) is 1.74. The van der Waals surface area contributed by atoms with Gasteiger partial charge in [-0.1, -0.05) is 0 Å². The topological polar surface area (TPSA) is 67.5 Å². The Kier molecular flexibility index (Phi) is 4.02. The number of ether oxygens (including phenoxy) is 2. The summed E-state index contributed by atoms with van der Waals surface area (Å²) in [5.41, 5.74) is 2.63. The number of rotatable bonds is 3. The van der Waals surface area contributed by atoms with Crippen molar-refractivity contribution in [2.24, 2.45) is 11.3 Å². The van der Waals surface area contributed by atoms with Gasteiger partial charge in [-0.3, -0.25) is 4.79 Å². The van der Waals surface area contributed by atoms with Crippen LogP contribution in [0.25, 0.3) is 11.0 Å². The van der Waals surface area contributed by atoms with Crippen LogP contribution in [0.4, 0.5) is 0 Å². The maximum absolute atomic E-state index is 13.0. The summed E-state index contributed by atoms with van der Waals surface area (Å²) >= 11 is 0. The summed E-state index contributed by atoms with van der Waals surface area (Å²) in [5.74, 6) is 0.474. The molecule has 6 heteroatoms. The molecule has 1 N–H and O–H groups in total. The van der Waals surface area contributed by atoms with Gasteiger partial charge in [0, 0.05) is 44.9 Å². The lowest BCUT2D eigenvalue weighted by atomic mass is 9.72. The Bertz CT molecular complexity index is 736. The Morgan fingerprint density at radius 1 is 1.46 bits per heavy atom. The van der Waals surface area contributed by atoms with E-state index in [0.717, 1.165) is 50.2 Å². The van der Waals surface area contributed by atoms with E-state index < -0.39 is 0 Å². The van der Waals surface area contributed by atoms with Gasteiger partial charge in [0.2, 0.25) is 0 Å². The molecular formula is C18H23N3O3. The van der Waals surface area contributed by atoms with Crippen molar-refractivity contribution in [2.45, 2.75) is 12.8 Å². The monoisotopic (exact) mass is 329 g/mol. The van der Waals surface area contributed by atoms with E-state index in [0.29, 0.717) is 18.1 Å². The minimum absolute atomic E-state index is 0.0935. The average Bonchev–Trinajstić information content (AvgIpc) is 3.20. The molecule has 2 saturated heterocycles. The van der Waals surface area contributed by atoms with E-state index in [9.17, 15) is 4.79 Å².